The lowest BCUT2D eigenvalue weighted by Crippen LogP contribution is -2.24. The van der Waals surface area contributed by atoms with Crippen LogP contribution in [0.25, 0.3) is 0 Å². The molecule has 1 aromatic rings. The Morgan fingerprint density at radius 2 is 2.12 bits per heavy atom. The number of nitrogens with one attached hydrogen (secondary N) is 1. The zero-order valence-electron chi connectivity index (χ0n) is 11.1. The molecule has 94 valence electrons. The summed E-state index contributed by atoms with van der Waals surface area (Å²) in [4.78, 5) is 0. The van der Waals surface area contributed by atoms with Crippen molar-refractivity contribution in [1.29, 1.82) is 0 Å². The molecule has 1 aliphatic carbocycles. The van der Waals surface area contributed by atoms with Gasteiger partial charge in [-0.2, -0.15) is 0 Å². The minimum Gasteiger partial charge on any atom is -0.508 e. The van der Waals surface area contributed by atoms with E-state index < -0.39 is 0 Å². The number of benzene rings is 1. The van der Waals surface area contributed by atoms with Crippen LogP contribution in [-0.2, 0) is 6.42 Å². The number of aromatic hydroxyl groups is 1. The molecule has 0 aliphatic heterocycles. The molecule has 2 N–H and O–H groups in total. The van der Waals surface area contributed by atoms with Gasteiger partial charge in [0.1, 0.15) is 5.75 Å². The van der Waals surface area contributed by atoms with E-state index >= 15 is 0 Å². The van der Waals surface area contributed by atoms with Crippen molar-refractivity contribution >= 4 is 0 Å². The first-order valence-corrected chi connectivity index (χ1v) is 6.51. The molecule has 1 unspecified atom stereocenters. The monoisotopic (exact) mass is 233 g/mol. The van der Waals surface area contributed by atoms with Crippen LogP contribution in [0.15, 0.2) is 18.2 Å². The summed E-state index contributed by atoms with van der Waals surface area (Å²) in [5, 5.41) is 13.1. The van der Waals surface area contributed by atoms with Crippen LogP contribution < -0.4 is 5.32 Å². The van der Waals surface area contributed by atoms with Gasteiger partial charge in [0.2, 0.25) is 0 Å². The molecular formula is C15H23NO. The number of rotatable bonds is 3. The van der Waals surface area contributed by atoms with Crippen molar-refractivity contribution in [2.45, 2.75) is 46.1 Å². The fourth-order valence-corrected chi connectivity index (χ4v) is 2.44. The molecule has 1 aromatic carbocycles. The average Bonchev–Trinajstić information content (AvgIpc) is 2.59. The predicted molar refractivity (Wildman–Crippen MR) is 71.2 cm³/mol. The molecule has 0 saturated heterocycles. The van der Waals surface area contributed by atoms with Crippen LogP contribution in [0.4, 0.5) is 0 Å². The fraction of sp³-hybridized carbons (Fsp3) is 0.600. The molecule has 2 nitrogen and oxygen atoms in total. The zero-order valence-corrected chi connectivity index (χ0v) is 11.1. The van der Waals surface area contributed by atoms with Crippen LogP contribution in [0.1, 0.15) is 50.8 Å². The van der Waals surface area contributed by atoms with E-state index in [1.54, 1.807) is 6.07 Å². The standard InChI is InChI=1S/C15H23NO/c1-15(2,3)8-9-16-14-7-4-11-10-12(17)5-6-13(11)14/h5-6,10,14,16-17H,4,7-9H2,1-3H3. The molecule has 2 heteroatoms. The van der Waals surface area contributed by atoms with Crippen molar-refractivity contribution in [3.05, 3.63) is 29.3 Å². The molecule has 1 aliphatic rings. The highest BCUT2D eigenvalue weighted by Crippen LogP contribution is 2.33. The van der Waals surface area contributed by atoms with Crippen molar-refractivity contribution in [2.75, 3.05) is 6.54 Å². The van der Waals surface area contributed by atoms with Crippen molar-refractivity contribution in [3.8, 4) is 5.75 Å². The largest absolute Gasteiger partial charge is 0.508 e. The average molecular weight is 233 g/mol. The van der Waals surface area contributed by atoms with E-state index in [0.717, 1.165) is 19.4 Å². The number of hydrogen-bond acceptors (Lipinski definition) is 2. The minimum atomic E-state index is 0.388. The first-order chi connectivity index (χ1) is 7.96. The van der Waals surface area contributed by atoms with Crippen LogP contribution >= 0.6 is 0 Å². The Labute approximate surface area is 104 Å². The topological polar surface area (TPSA) is 32.3 Å². The Balaban J connectivity index is 1.94. The second kappa shape index (κ2) is 4.69. The van der Waals surface area contributed by atoms with Gasteiger partial charge in [-0.05, 0) is 54.5 Å². The number of phenols is 1. The second-order valence-corrected chi connectivity index (χ2v) is 6.24. The summed E-state index contributed by atoms with van der Waals surface area (Å²) >= 11 is 0. The quantitative estimate of drug-likeness (QED) is 0.838. The van der Waals surface area contributed by atoms with Crippen LogP contribution in [-0.4, -0.2) is 11.7 Å². The van der Waals surface area contributed by atoms with Gasteiger partial charge < -0.3 is 10.4 Å². The molecule has 0 aromatic heterocycles. The van der Waals surface area contributed by atoms with Gasteiger partial charge in [-0.3, -0.25) is 0 Å². The fourth-order valence-electron chi connectivity index (χ4n) is 2.44. The minimum absolute atomic E-state index is 0.388. The van der Waals surface area contributed by atoms with E-state index in [1.165, 1.54) is 17.5 Å². The van der Waals surface area contributed by atoms with Crippen molar-refractivity contribution in [3.63, 3.8) is 0 Å². The molecule has 2 rings (SSSR count). The zero-order chi connectivity index (χ0) is 12.5. The van der Waals surface area contributed by atoms with Crippen molar-refractivity contribution in [2.24, 2.45) is 5.41 Å². The molecule has 0 fully saturated rings. The number of hydrogen-bond donors (Lipinski definition) is 2. The SMILES string of the molecule is CC(C)(C)CCNC1CCc2cc(O)ccc21. The molecule has 1 atom stereocenters. The van der Waals surface area contributed by atoms with Crippen LogP contribution in [0.2, 0.25) is 0 Å². The maximum Gasteiger partial charge on any atom is 0.115 e. The summed E-state index contributed by atoms with van der Waals surface area (Å²) < 4.78 is 0. The summed E-state index contributed by atoms with van der Waals surface area (Å²) in [5.41, 5.74) is 3.07. The van der Waals surface area contributed by atoms with Gasteiger partial charge in [-0.15, -0.1) is 0 Å². The lowest BCUT2D eigenvalue weighted by molar-refractivity contribution is 0.354. The first-order valence-electron chi connectivity index (χ1n) is 6.51. The van der Waals surface area contributed by atoms with E-state index in [9.17, 15) is 5.11 Å². The third kappa shape index (κ3) is 3.22. The number of aryl methyl sites for hydroxylation is 1. The van der Waals surface area contributed by atoms with Gasteiger partial charge in [0.05, 0.1) is 0 Å². The van der Waals surface area contributed by atoms with Crippen molar-refractivity contribution in [1.82, 2.24) is 5.32 Å². The van der Waals surface area contributed by atoms with E-state index in [2.05, 4.69) is 32.2 Å². The summed E-state index contributed by atoms with van der Waals surface area (Å²) in [7, 11) is 0. The molecule has 0 spiro atoms. The molecule has 17 heavy (non-hydrogen) atoms. The highest BCUT2D eigenvalue weighted by molar-refractivity contribution is 5.39. The lowest BCUT2D eigenvalue weighted by atomic mass is 9.92. The van der Waals surface area contributed by atoms with Gasteiger partial charge in [-0.1, -0.05) is 26.8 Å². The second-order valence-electron chi connectivity index (χ2n) is 6.24. The van der Waals surface area contributed by atoms with Gasteiger partial charge in [-0.25, -0.2) is 0 Å². The van der Waals surface area contributed by atoms with E-state index in [0.29, 0.717) is 17.2 Å². The van der Waals surface area contributed by atoms with Crippen LogP contribution in [0.3, 0.4) is 0 Å². The third-order valence-electron chi connectivity index (χ3n) is 3.47. The smallest absolute Gasteiger partial charge is 0.115 e. The van der Waals surface area contributed by atoms with Crippen LogP contribution in [0, 0.1) is 5.41 Å². The van der Waals surface area contributed by atoms with Gasteiger partial charge in [0, 0.05) is 6.04 Å². The van der Waals surface area contributed by atoms with E-state index in [1.807, 2.05) is 6.07 Å². The van der Waals surface area contributed by atoms with E-state index in [4.69, 9.17) is 0 Å². The summed E-state index contributed by atoms with van der Waals surface area (Å²) in [5.74, 6) is 0.388. The molecule has 0 amide bonds. The van der Waals surface area contributed by atoms with Gasteiger partial charge in [0.15, 0.2) is 0 Å². The molecule has 0 bridgehead atoms. The maximum atomic E-state index is 9.44. The predicted octanol–water partition coefficient (Wildman–Crippen LogP) is 3.41. The summed E-state index contributed by atoms with van der Waals surface area (Å²) in [6, 6.07) is 6.24. The number of fused-ring (bicyclic) bond motifs is 1. The number of phenolic OH excluding ortho intramolecular Hbond substituents is 1. The third-order valence-corrected chi connectivity index (χ3v) is 3.47. The Kier molecular flexibility index (Phi) is 3.43. The van der Waals surface area contributed by atoms with Crippen molar-refractivity contribution < 1.29 is 5.11 Å². The Bertz CT molecular complexity index is 392. The van der Waals surface area contributed by atoms with Gasteiger partial charge in [0.25, 0.3) is 0 Å². The molecule has 0 radical (unpaired) electrons. The highest BCUT2D eigenvalue weighted by atomic mass is 16.3. The Morgan fingerprint density at radius 3 is 2.82 bits per heavy atom. The molecule has 0 heterocycles. The summed E-state index contributed by atoms with van der Waals surface area (Å²) in [6.45, 7) is 7.88. The first kappa shape index (κ1) is 12.4. The maximum absolute atomic E-state index is 9.44. The Hall–Kier alpha value is -1.02. The van der Waals surface area contributed by atoms with E-state index in [-0.39, 0.29) is 0 Å². The molecule has 0 saturated carbocycles. The Morgan fingerprint density at radius 1 is 1.35 bits per heavy atom. The summed E-state index contributed by atoms with van der Waals surface area (Å²) in [6.07, 6.45) is 3.43. The molecular weight excluding hydrogens is 210 g/mol. The highest BCUT2D eigenvalue weighted by Gasteiger charge is 2.22. The lowest BCUT2D eigenvalue weighted by Gasteiger charge is -2.21. The van der Waals surface area contributed by atoms with Gasteiger partial charge >= 0.3 is 0 Å². The van der Waals surface area contributed by atoms with Crippen LogP contribution in [0.5, 0.6) is 5.75 Å². The normalized spacial score (nSPS) is 19.4.